The first-order valence-corrected chi connectivity index (χ1v) is 22.4. The molecular weight excluding hydrogens is 852 g/mol. The van der Waals surface area contributed by atoms with Crippen molar-refractivity contribution in [3.8, 4) is 16.9 Å². The van der Waals surface area contributed by atoms with Crippen LogP contribution in [0.25, 0.3) is 11.1 Å². The van der Waals surface area contributed by atoms with Gasteiger partial charge >= 0.3 is 0 Å². The van der Waals surface area contributed by atoms with Gasteiger partial charge in [0.1, 0.15) is 11.9 Å². The van der Waals surface area contributed by atoms with Gasteiger partial charge in [-0.1, -0.05) is 48.5 Å². The van der Waals surface area contributed by atoms with Crippen molar-refractivity contribution in [2.45, 2.75) is 88.8 Å². The third kappa shape index (κ3) is 9.82. The number of carbonyl (C=O) groups is 5. The first kappa shape index (κ1) is 44.0. The Hall–Kier alpha value is -5.58. The number of piperidine rings is 2. The highest BCUT2D eigenvalue weighted by molar-refractivity contribution is 6.36. The minimum absolute atomic E-state index is 0.0150. The number of amides is 5. The number of carbonyl (C=O) groups excluding carboxylic acids is 5. The van der Waals surface area contributed by atoms with Crippen LogP contribution in [-0.4, -0.2) is 110 Å². The number of imide groups is 2. The zero-order valence-corrected chi connectivity index (χ0v) is 36.3. The molecule has 332 valence electrons. The summed E-state index contributed by atoms with van der Waals surface area (Å²) in [6.07, 6.45) is 13.7. The Morgan fingerprint density at radius 1 is 0.952 bits per heavy atom. The number of benzene rings is 2. The number of aromatic nitrogens is 3. The number of likely N-dealkylation sites (tertiary alicyclic amines) is 2. The van der Waals surface area contributed by atoms with Crippen LogP contribution < -0.4 is 21.1 Å². The molecule has 3 saturated heterocycles. The third-order valence-corrected chi connectivity index (χ3v) is 13.2. The molecule has 8 rings (SSSR count). The monoisotopic (exact) mass is 901 g/mol. The van der Waals surface area contributed by atoms with Gasteiger partial charge < -0.3 is 25.6 Å². The Labute approximate surface area is 374 Å². The van der Waals surface area contributed by atoms with E-state index in [0.29, 0.717) is 54.0 Å². The van der Waals surface area contributed by atoms with Crippen molar-refractivity contribution in [2.75, 3.05) is 50.4 Å². The lowest BCUT2D eigenvalue weighted by Crippen LogP contribution is -2.57. The Morgan fingerprint density at radius 2 is 1.73 bits per heavy atom. The van der Waals surface area contributed by atoms with E-state index in [1.54, 1.807) is 24.4 Å². The molecule has 5 amide bonds. The van der Waals surface area contributed by atoms with E-state index < -0.39 is 35.5 Å². The standard InChI is InChI=1S/C45H50Cl2FN9O6/c46-33-10-11-34(48)41(47)31(33)16-20-63-37-21-27(22-50-42(37)49)28-23-51-56(24-28)30-14-18-54(19-15-30)17-5-3-1-2-4-9-39(59)55-25-29(26-55)52-35-8-6-7-32-40(35)45(62)57(44(32)61)36-12-13-38(58)53-43(36)60/h6-8,10-11,21-24,29-30,36,52H,1-5,9,12-20,25-26H2,(H2,49,50)(H,53,58,60)/t36-/m1/s1. The lowest BCUT2D eigenvalue weighted by atomic mass is 10.0. The van der Waals surface area contributed by atoms with Crippen molar-refractivity contribution in [1.29, 1.82) is 0 Å². The van der Waals surface area contributed by atoms with E-state index in [1.165, 1.54) is 12.1 Å². The number of nitrogens with two attached hydrogens (primary N) is 1. The summed E-state index contributed by atoms with van der Waals surface area (Å²) in [7, 11) is 0. The number of halogens is 3. The molecule has 18 heteroatoms. The molecule has 0 bridgehead atoms. The molecule has 0 aliphatic carbocycles. The van der Waals surface area contributed by atoms with Crippen molar-refractivity contribution >= 4 is 64.2 Å². The van der Waals surface area contributed by atoms with Gasteiger partial charge in [0.15, 0.2) is 11.6 Å². The van der Waals surface area contributed by atoms with Crippen molar-refractivity contribution in [3.05, 3.63) is 87.5 Å². The van der Waals surface area contributed by atoms with Crippen LogP contribution in [0.15, 0.2) is 55.0 Å². The van der Waals surface area contributed by atoms with E-state index in [9.17, 15) is 28.4 Å². The van der Waals surface area contributed by atoms with E-state index >= 15 is 0 Å². The largest absolute Gasteiger partial charge is 0.489 e. The number of nitrogens with one attached hydrogen (secondary N) is 2. The molecule has 6 heterocycles. The molecule has 0 radical (unpaired) electrons. The van der Waals surface area contributed by atoms with E-state index in [2.05, 4.69) is 25.6 Å². The van der Waals surface area contributed by atoms with Crippen LogP contribution in [-0.2, 0) is 20.8 Å². The molecule has 1 atom stereocenters. The van der Waals surface area contributed by atoms with E-state index in [1.807, 2.05) is 28.0 Å². The Kier molecular flexibility index (Phi) is 13.6. The van der Waals surface area contributed by atoms with Gasteiger partial charge in [-0.15, -0.1) is 0 Å². The van der Waals surface area contributed by atoms with Crippen LogP contribution in [0.5, 0.6) is 5.75 Å². The predicted molar refractivity (Wildman–Crippen MR) is 235 cm³/mol. The van der Waals surface area contributed by atoms with E-state index in [4.69, 9.17) is 33.7 Å². The summed E-state index contributed by atoms with van der Waals surface area (Å²) < 4.78 is 21.9. The number of hydrogen-bond donors (Lipinski definition) is 3. The SMILES string of the molecule is Nc1ncc(-c2cnn(C3CCN(CCCCCCCC(=O)N4CC(Nc5cccc6c5C(=O)N([C@@H]5CCC(=O)NC5=O)C6=O)C4)CC3)c2)cc1OCCc1c(Cl)ccc(F)c1Cl. The molecule has 0 saturated carbocycles. The molecule has 0 spiro atoms. The number of hydrogen-bond acceptors (Lipinski definition) is 11. The second-order valence-electron chi connectivity index (χ2n) is 16.6. The van der Waals surface area contributed by atoms with Crippen LogP contribution in [0.2, 0.25) is 10.0 Å². The number of fused-ring (bicyclic) bond motifs is 1. The van der Waals surface area contributed by atoms with Gasteiger partial charge in [0.05, 0.1) is 41.0 Å². The summed E-state index contributed by atoms with van der Waals surface area (Å²) in [6, 6.07) is 8.73. The van der Waals surface area contributed by atoms with Gasteiger partial charge in [-0.2, -0.15) is 5.10 Å². The molecule has 15 nitrogen and oxygen atoms in total. The number of unbranched alkanes of at least 4 members (excludes halogenated alkanes) is 4. The molecule has 2 aromatic carbocycles. The van der Waals surface area contributed by atoms with Gasteiger partial charge in [-0.3, -0.25) is 38.9 Å². The number of nitrogen functional groups attached to an aromatic ring is 1. The fraction of sp³-hybridized carbons (Fsp3) is 0.444. The molecular formula is C45H50Cl2FN9O6. The first-order valence-electron chi connectivity index (χ1n) is 21.6. The zero-order valence-electron chi connectivity index (χ0n) is 34.8. The summed E-state index contributed by atoms with van der Waals surface area (Å²) in [6.45, 7) is 4.25. The molecule has 4 aromatic rings. The Bertz CT molecular complexity index is 2400. The lowest BCUT2D eigenvalue weighted by molar-refractivity contribution is -0.136. The number of nitrogens with zero attached hydrogens (tertiary/aromatic N) is 6. The number of pyridine rings is 1. The van der Waals surface area contributed by atoms with Crippen molar-refractivity contribution in [2.24, 2.45) is 0 Å². The predicted octanol–water partition coefficient (Wildman–Crippen LogP) is 6.30. The summed E-state index contributed by atoms with van der Waals surface area (Å²) in [5.74, 6) is -1.92. The highest BCUT2D eigenvalue weighted by atomic mass is 35.5. The molecule has 4 N–H and O–H groups in total. The minimum Gasteiger partial charge on any atom is -0.489 e. The second kappa shape index (κ2) is 19.4. The summed E-state index contributed by atoms with van der Waals surface area (Å²) in [4.78, 5) is 73.1. The maximum absolute atomic E-state index is 13.9. The van der Waals surface area contributed by atoms with Crippen molar-refractivity contribution in [1.82, 2.24) is 34.8 Å². The van der Waals surface area contributed by atoms with Crippen molar-refractivity contribution in [3.63, 3.8) is 0 Å². The summed E-state index contributed by atoms with van der Waals surface area (Å²) in [5.41, 5.74) is 9.26. The number of anilines is 2. The molecule has 2 aromatic heterocycles. The second-order valence-corrected chi connectivity index (χ2v) is 17.4. The molecule has 0 unspecified atom stereocenters. The van der Waals surface area contributed by atoms with Gasteiger partial charge in [0, 0.05) is 79.7 Å². The fourth-order valence-corrected chi connectivity index (χ4v) is 9.37. The molecule has 4 aliphatic rings. The van der Waals surface area contributed by atoms with Crippen LogP contribution in [0.4, 0.5) is 15.9 Å². The summed E-state index contributed by atoms with van der Waals surface area (Å²) in [5, 5.41) is 10.6. The first-order chi connectivity index (χ1) is 30.4. The minimum atomic E-state index is -1.02. The number of rotatable bonds is 17. The Balaban J connectivity index is 0.695. The average molecular weight is 903 g/mol. The Morgan fingerprint density at radius 3 is 2.52 bits per heavy atom. The zero-order chi connectivity index (χ0) is 44.2. The molecule has 3 fully saturated rings. The van der Waals surface area contributed by atoms with Gasteiger partial charge in [-0.25, -0.2) is 9.37 Å². The topological polar surface area (TPSA) is 185 Å². The normalized spacial score (nSPS) is 18.4. The fourth-order valence-electron chi connectivity index (χ4n) is 8.81. The summed E-state index contributed by atoms with van der Waals surface area (Å²) >= 11 is 12.3. The quantitative estimate of drug-likeness (QED) is 0.0614. The lowest BCUT2D eigenvalue weighted by Gasteiger charge is -2.40. The third-order valence-electron chi connectivity index (χ3n) is 12.4. The van der Waals surface area contributed by atoms with Crippen molar-refractivity contribution < 1.29 is 33.1 Å². The van der Waals surface area contributed by atoms with E-state index in [0.717, 1.165) is 80.6 Å². The number of ether oxygens (including phenoxy) is 1. The van der Waals surface area contributed by atoms with Crippen LogP contribution in [0.1, 0.15) is 96.5 Å². The maximum atomic E-state index is 13.9. The van der Waals surface area contributed by atoms with Crippen LogP contribution >= 0.6 is 23.2 Å². The average Bonchev–Trinajstić information content (AvgIpc) is 3.85. The van der Waals surface area contributed by atoms with E-state index in [-0.39, 0.29) is 53.4 Å². The highest BCUT2D eigenvalue weighted by Crippen LogP contribution is 2.34. The smallest absolute Gasteiger partial charge is 0.264 e. The molecule has 4 aliphatic heterocycles. The van der Waals surface area contributed by atoms with Gasteiger partial charge in [0.25, 0.3) is 11.8 Å². The van der Waals surface area contributed by atoms with Gasteiger partial charge in [-0.05, 0) is 74.5 Å². The maximum Gasteiger partial charge on any atom is 0.264 e. The highest BCUT2D eigenvalue weighted by Gasteiger charge is 2.46. The molecule has 63 heavy (non-hydrogen) atoms. The van der Waals surface area contributed by atoms with Crippen LogP contribution in [0, 0.1) is 5.82 Å². The van der Waals surface area contributed by atoms with Crippen LogP contribution in [0.3, 0.4) is 0 Å². The van der Waals surface area contributed by atoms with Gasteiger partial charge in [0.2, 0.25) is 17.7 Å².